The Morgan fingerprint density at radius 1 is 1.29 bits per heavy atom. The minimum absolute atomic E-state index is 0.0125. The molecule has 0 amide bonds. The van der Waals surface area contributed by atoms with E-state index in [1.54, 1.807) is 0 Å². The second-order valence-corrected chi connectivity index (χ2v) is 4.47. The molecule has 0 aromatic heterocycles. The molecule has 1 aliphatic carbocycles. The number of ether oxygens (including phenoxy) is 1. The molecular formula is C15H18O2. The molecule has 0 spiro atoms. The summed E-state index contributed by atoms with van der Waals surface area (Å²) in [7, 11) is 0. The Bertz CT molecular complexity index is 406. The number of esters is 1. The molecular weight excluding hydrogens is 212 g/mol. The minimum Gasteiger partial charge on any atom is -0.458 e. The zero-order valence-electron chi connectivity index (χ0n) is 10.2. The minimum atomic E-state index is -0.184. The molecule has 17 heavy (non-hydrogen) atoms. The summed E-state index contributed by atoms with van der Waals surface area (Å²) < 4.78 is 5.37. The maximum Gasteiger partial charge on any atom is 0.303 e. The summed E-state index contributed by atoms with van der Waals surface area (Å²) in [4.78, 5) is 11.1. The SMILES string of the molecule is CC(=O)OC1CCCC/C1=C\c1ccccc1. The maximum atomic E-state index is 11.1. The predicted molar refractivity (Wildman–Crippen MR) is 68.4 cm³/mol. The number of benzene rings is 1. The Labute approximate surface area is 102 Å². The van der Waals surface area contributed by atoms with Gasteiger partial charge >= 0.3 is 5.97 Å². The van der Waals surface area contributed by atoms with Gasteiger partial charge in [0.05, 0.1) is 0 Å². The van der Waals surface area contributed by atoms with Crippen LogP contribution in [0.15, 0.2) is 35.9 Å². The van der Waals surface area contributed by atoms with Crippen LogP contribution >= 0.6 is 0 Å². The van der Waals surface area contributed by atoms with E-state index >= 15 is 0 Å². The highest BCUT2D eigenvalue weighted by molar-refractivity contribution is 5.67. The third kappa shape index (κ3) is 3.45. The molecule has 90 valence electrons. The van der Waals surface area contributed by atoms with Gasteiger partial charge in [0.1, 0.15) is 6.10 Å². The topological polar surface area (TPSA) is 26.3 Å². The molecule has 1 unspecified atom stereocenters. The molecule has 0 N–H and O–H groups in total. The standard InChI is InChI=1S/C15H18O2/c1-12(16)17-15-10-6-5-9-14(15)11-13-7-3-2-4-8-13/h2-4,7-8,11,15H,5-6,9-10H2,1H3/b14-11+. The van der Waals surface area contributed by atoms with Gasteiger partial charge in [-0.05, 0) is 36.8 Å². The maximum absolute atomic E-state index is 11.1. The zero-order chi connectivity index (χ0) is 12.1. The van der Waals surface area contributed by atoms with Crippen molar-refractivity contribution in [2.45, 2.75) is 38.7 Å². The van der Waals surface area contributed by atoms with Crippen LogP contribution in [-0.2, 0) is 9.53 Å². The number of hydrogen-bond acceptors (Lipinski definition) is 2. The molecule has 0 aliphatic heterocycles. The first-order valence-electron chi connectivity index (χ1n) is 6.18. The highest BCUT2D eigenvalue weighted by Gasteiger charge is 2.21. The van der Waals surface area contributed by atoms with Gasteiger partial charge in [-0.15, -0.1) is 0 Å². The Morgan fingerprint density at radius 2 is 2.06 bits per heavy atom. The Kier molecular flexibility index (Phi) is 3.97. The number of carbonyl (C=O) groups is 1. The van der Waals surface area contributed by atoms with E-state index < -0.39 is 0 Å². The molecule has 2 nitrogen and oxygen atoms in total. The summed E-state index contributed by atoms with van der Waals surface area (Å²) in [6.07, 6.45) is 6.47. The van der Waals surface area contributed by atoms with Gasteiger partial charge in [-0.2, -0.15) is 0 Å². The first-order chi connectivity index (χ1) is 8.25. The third-order valence-corrected chi connectivity index (χ3v) is 3.06. The largest absolute Gasteiger partial charge is 0.458 e. The van der Waals surface area contributed by atoms with Crippen molar-refractivity contribution in [1.82, 2.24) is 0 Å². The van der Waals surface area contributed by atoms with Gasteiger partial charge in [0.25, 0.3) is 0 Å². The zero-order valence-corrected chi connectivity index (χ0v) is 10.2. The molecule has 1 aromatic rings. The fourth-order valence-corrected chi connectivity index (χ4v) is 2.27. The van der Waals surface area contributed by atoms with Gasteiger partial charge in [-0.1, -0.05) is 36.4 Å². The van der Waals surface area contributed by atoms with Gasteiger partial charge in [0.15, 0.2) is 0 Å². The molecule has 0 bridgehead atoms. The van der Waals surface area contributed by atoms with Crippen LogP contribution in [0.25, 0.3) is 6.08 Å². The van der Waals surface area contributed by atoms with Crippen LogP contribution in [0.5, 0.6) is 0 Å². The molecule has 2 rings (SSSR count). The van der Waals surface area contributed by atoms with Gasteiger partial charge in [-0.25, -0.2) is 0 Å². The van der Waals surface area contributed by atoms with E-state index in [4.69, 9.17) is 4.74 Å². The van der Waals surface area contributed by atoms with Crippen LogP contribution in [-0.4, -0.2) is 12.1 Å². The molecule has 1 saturated carbocycles. The van der Waals surface area contributed by atoms with Crippen molar-refractivity contribution < 1.29 is 9.53 Å². The van der Waals surface area contributed by atoms with E-state index in [1.165, 1.54) is 24.5 Å². The summed E-state index contributed by atoms with van der Waals surface area (Å²) in [6, 6.07) is 10.2. The van der Waals surface area contributed by atoms with Gasteiger partial charge in [0.2, 0.25) is 0 Å². The second kappa shape index (κ2) is 5.67. The average molecular weight is 230 g/mol. The van der Waals surface area contributed by atoms with Gasteiger partial charge < -0.3 is 4.74 Å². The van der Waals surface area contributed by atoms with E-state index in [-0.39, 0.29) is 12.1 Å². The average Bonchev–Trinajstić information content (AvgIpc) is 2.32. The van der Waals surface area contributed by atoms with Crippen molar-refractivity contribution in [2.75, 3.05) is 0 Å². The van der Waals surface area contributed by atoms with Crippen molar-refractivity contribution in [3.05, 3.63) is 41.5 Å². The third-order valence-electron chi connectivity index (χ3n) is 3.06. The van der Waals surface area contributed by atoms with Gasteiger partial charge in [0, 0.05) is 6.92 Å². The molecule has 1 aliphatic rings. The summed E-state index contributed by atoms with van der Waals surface area (Å²) in [6.45, 7) is 1.48. The molecule has 0 heterocycles. The molecule has 0 radical (unpaired) electrons. The van der Waals surface area contributed by atoms with Gasteiger partial charge in [-0.3, -0.25) is 4.79 Å². The van der Waals surface area contributed by atoms with Crippen LogP contribution < -0.4 is 0 Å². The number of hydrogen-bond donors (Lipinski definition) is 0. The normalized spacial score (nSPS) is 22.4. The second-order valence-electron chi connectivity index (χ2n) is 4.47. The van der Waals surface area contributed by atoms with Crippen LogP contribution in [0.1, 0.15) is 38.2 Å². The molecule has 1 fully saturated rings. The highest BCUT2D eigenvalue weighted by Crippen LogP contribution is 2.28. The molecule has 0 saturated heterocycles. The van der Waals surface area contributed by atoms with E-state index in [9.17, 15) is 4.79 Å². The first kappa shape index (κ1) is 11.9. The van der Waals surface area contributed by atoms with Crippen molar-refractivity contribution in [2.24, 2.45) is 0 Å². The molecule has 1 atom stereocenters. The highest BCUT2D eigenvalue weighted by atomic mass is 16.5. The van der Waals surface area contributed by atoms with Crippen LogP contribution in [0.2, 0.25) is 0 Å². The Balaban J connectivity index is 2.16. The van der Waals surface area contributed by atoms with Crippen LogP contribution in [0.3, 0.4) is 0 Å². The lowest BCUT2D eigenvalue weighted by atomic mass is 9.90. The van der Waals surface area contributed by atoms with E-state index in [1.807, 2.05) is 18.2 Å². The summed E-state index contributed by atoms with van der Waals surface area (Å²) in [5.74, 6) is -0.184. The smallest absolute Gasteiger partial charge is 0.303 e. The lowest BCUT2D eigenvalue weighted by molar-refractivity contribution is -0.145. The monoisotopic (exact) mass is 230 g/mol. The van der Waals surface area contributed by atoms with Crippen molar-refractivity contribution in [3.63, 3.8) is 0 Å². The van der Waals surface area contributed by atoms with E-state index in [0.717, 1.165) is 19.3 Å². The summed E-state index contributed by atoms with van der Waals surface area (Å²) >= 11 is 0. The fourth-order valence-electron chi connectivity index (χ4n) is 2.27. The Morgan fingerprint density at radius 3 is 2.76 bits per heavy atom. The van der Waals surface area contributed by atoms with Crippen LogP contribution in [0.4, 0.5) is 0 Å². The number of rotatable bonds is 2. The number of carbonyl (C=O) groups excluding carboxylic acids is 1. The Hall–Kier alpha value is -1.57. The van der Waals surface area contributed by atoms with E-state index in [0.29, 0.717) is 0 Å². The predicted octanol–water partition coefficient (Wildman–Crippen LogP) is 3.58. The van der Waals surface area contributed by atoms with Crippen molar-refractivity contribution >= 4 is 12.0 Å². The summed E-state index contributed by atoms with van der Waals surface area (Å²) in [5, 5.41) is 0. The van der Waals surface area contributed by atoms with E-state index in [2.05, 4.69) is 18.2 Å². The van der Waals surface area contributed by atoms with Crippen LogP contribution in [0, 0.1) is 0 Å². The fraction of sp³-hybridized carbons (Fsp3) is 0.400. The first-order valence-corrected chi connectivity index (χ1v) is 6.18. The van der Waals surface area contributed by atoms with Crippen molar-refractivity contribution in [3.8, 4) is 0 Å². The molecule has 1 aromatic carbocycles. The lowest BCUT2D eigenvalue weighted by Crippen LogP contribution is -2.22. The quantitative estimate of drug-likeness (QED) is 0.726. The summed E-state index contributed by atoms with van der Waals surface area (Å²) in [5.41, 5.74) is 2.43. The lowest BCUT2D eigenvalue weighted by Gasteiger charge is -2.25. The van der Waals surface area contributed by atoms with Crippen molar-refractivity contribution in [1.29, 1.82) is 0 Å². The molecule has 2 heteroatoms.